The molecule has 1 aromatic rings. The molecule has 5 nitrogen and oxygen atoms in total. The molecule has 0 spiro atoms. The molecule has 0 aromatic carbocycles. The van der Waals surface area contributed by atoms with Crippen LogP contribution in [0, 0.1) is 0 Å². The lowest BCUT2D eigenvalue weighted by Crippen LogP contribution is -2.34. The second-order valence-electron chi connectivity index (χ2n) is 4.02. The van der Waals surface area contributed by atoms with Gasteiger partial charge in [-0.05, 0) is 19.9 Å². The van der Waals surface area contributed by atoms with Crippen molar-refractivity contribution in [1.82, 2.24) is 5.32 Å². The monoisotopic (exact) mass is 213 g/mol. The summed E-state index contributed by atoms with van der Waals surface area (Å²) >= 11 is 0. The molecule has 15 heavy (non-hydrogen) atoms. The van der Waals surface area contributed by atoms with Crippen molar-refractivity contribution in [3.05, 3.63) is 23.7 Å². The van der Waals surface area contributed by atoms with Crippen LogP contribution in [0.4, 0.5) is 0 Å². The van der Waals surface area contributed by atoms with E-state index >= 15 is 0 Å². The third-order valence-corrected chi connectivity index (χ3v) is 1.76. The van der Waals surface area contributed by atoms with Gasteiger partial charge in [-0.3, -0.25) is 0 Å². The van der Waals surface area contributed by atoms with Gasteiger partial charge in [-0.2, -0.15) is 0 Å². The minimum Gasteiger partial charge on any atom is -0.478 e. The molecule has 3 N–H and O–H groups in total. The van der Waals surface area contributed by atoms with Crippen molar-refractivity contribution >= 4 is 5.97 Å². The summed E-state index contributed by atoms with van der Waals surface area (Å²) in [6, 6.07) is 1.46. The van der Waals surface area contributed by atoms with Crippen molar-refractivity contribution in [1.29, 1.82) is 0 Å². The molecule has 0 saturated heterocycles. The summed E-state index contributed by atoms with van der Waals surface area (Å²) in [5.41, 5.74) is -0.655. The van der Waals surface area contributed by atoms with E-state index in [1.165, 1.54) is 12.3 Å². The van der Waals surface area contributed by atoms with E-state index in [4.69, 9.17) is 9.52 Å². The number of rotatable bonds is 5. The standard InChI is InChI=1S/C10H15NO4/c1-10(2,14)6-11-4-8-3-7(5-15-8)9(12)13/h3,5,11,14H,4,6H2,1-2H3,(H,12,13). The lowest BCUT2D eigenvalue weighted by molar-refractivity contribution is 0.0695. The molecule has 0 unspecified atom stereocenters. The first kappa shape index (κ1) is 11.7. The van der Waals surface area contributed by atoms with Gasteiger partial charge in [0.2, 0.25) is 0 Å². The maximum Gasteiger partial charge on any atom is 0.338 e. The highest BCUT2D eigenvalue weighted by molar-refractivity contribution is 5.87. The zero-order valence-electron chi connectivity index (χ0n) is 8.78. The van der Waals surface area contributed by atoms with Crippen LogP contribution in [0.1, 0.15) is 30.0 Å². The van der Waals surface area contributed by atoms with Crippen molar-refractivity contribution in [2.75, 3.05) is 6.54 Å². The normalized spacial score (nSPS) is 11.7. The van der Waals surface area contributed by atoms with Crippen LogP contribution in [-0.2, 0) is 6.54 Å². The molecule has 5 heteroatoms. The van der Waals surface area contributed by atoms with Gasteiger partial charge in [0.15, 0.2) is 0 Å². The van der Waals surface area contributed by atoms with E-state index in [1.54, 1.807) is 13.8 Å². The summed E-state index contributed by atoms with van der Waals surface area (Å²) in [5.74, 6) is -0.468. The number of carbonyl (C=O) groups is 1. The zero-order valence-corrected chi connectivity index (χ0v) is 8.78. The fourth-order valence-electron chi connectivity index (χ4n) is 1.08. The number of hydrogen-bond acceptors (Lipinski definition) is 4. The highest BCUT2D eigenvalue weighted by Crippen LogP contribution is 2.07. The van der Waals surface area contributed by atoms with Crippen molar-refractivity contribution in [2.45, 2.75) is 26.0 Å². The second-order valence-corrected chi connectivity index (χ2v) is 4.02. The molecule has 0 aliphatic heterocycles. The van der Waals surface area contributed by atoms with E-state index in [0.717, 1.165) is 0 Å². The first-order chi connectivity index (χ1) is 6.88. The summed E-state index contributed by atoms with van der Waals surface area (Å²) in [4.78, 5) is 10.5. The average Bonchev–Trinajstić information content (AvgIpc) is 2.50. The smallest absolute Gasteiger partial charge is 0.338 e. The Bertz CT molecular complexity index is 337. The van der Waals surface area contributed by atoms with E-state index in [1.807, 2.05) is 0 Å². The van der Waals surface area contributed by atoms with E-state index in [-0.39, 0.29) is 5.56 Å². The van der Waals surface area contributed by atoms with Gasteiger partial charge in [-0.25, -0.2) is 4.79 Å². The van der Waals surface area contributed by atoms with Crippen LogP contribution < -0.4 is 5.32 Å². The Morgan fingerprint density at radius 2 is 2.27 bits per heavy atom. The van der Waals surface area contributed by atoms with Crippen LogP contribution in [0.25, 0.3) is 0 Å². The molecule has 0 fully saturated rings. The summed E-state index contributed by atoms with van der Waals surface area (Å²) in [6.45, 7) is 4.18. The lowest BCUT2D eigenvalue weighted by atomic mass is 10.1. The molecule has 0 aliphatic rings. The minimum atomic E-state index is -1.01. The quantitative estimate of drug-likeness (QED) is 0.675. The van der Waals surface area contributed by atoms with Gasteiger partial charge in [0.1, 0.15) is 12.0 Å². The first-order valence-electron chi connectivity index (χ1n) is 4.62. The highest BCUT2D eigenvalue weighted by Gasteiger charge is 2.12. The highest BCUT2D eigenvalue weighted by atomic mass is 16.4. The lowest BCUT2D eigenvalue weighted by Gasteiger charge is -2.16. The molecular formula is C10H15NO4. The van der Waals surface area contributed by atoms with E-state index in [9.17, 15) is 9.90 Å². The van der Waals surface area contributed by atoms with Gasteiger partial charge in [-0.1, -0.05) is 0 Å². The number of aromatic carboxylic acids is 1. The Morgan fingerprint density at radius 1 is 1.60 bits per heavy atom. The summed E-state index contributed by atoms with van der Waals surface area (Å²) in [5, 5.41) is 21.0. The van der Waals surface area contributed by atoms with Gasteiger partial charge in [0.05, 0.1) is 17.7 Å². The van der Waals surface area contributed by atoms with Crippen molar-refractivity contribution < 1.29 is 19.4 Å². The summed E-state index contributed by atoms with van der Waals surface area (Å²) in [6.07, 6.45) is 1.20. The van der Waals surface area contributed by atoms with Gasteiger partial charge in [0, 0.05) is 6.54 Å². The predicted octanol–water partition coefficient (Wildman–Crippen LogP) is 0.838. The molecule has 0 saturated carbocycles. The first-order valence-corrected chi connectivity index (χ1v) is 4.62. The zero-order chi connectivity index (χ0) is 11.5. The third-order valence-electron chi connectivity index (χ3n) is 1.76. The Labute approximate surface area is 87.7 Å². The number of furan rings is 1. The molecule has 1 heterocycles. The van der Waals surface area contributed by atoms with Crippen molar-refractivity contribution in [2.24, 2.45) is 0 Å². The number of carboxylic acids is 1. The van der Waals surface area contributed by atoms with Gasteiger partial charge in [0.25, 0.3) is 0 Å². The number of aliphatic hydroxyl groups is 1. The Kier molecular flexibility index (Phi) is 3.49. The van der Waals surface area contributed by atoms with E-state index in [0.29, 0.717) is 18.8 Å². The average molecular weight is 213 g/mol. The molecule has 0 amide bonds. The fraction of sp³-hybridized carbons (Fsp3) is 0.500. The number of hydrogen-bond donors (Lipinski definition) is 3. The molecule has 0 aliphatic carbocycles. The SMILES string of the molecule is CC(C)(O)CNCc1cc(C(=O)O)co1. The molecule has 0 radical (unpaired) electrons. The second kappa shape index (κ2) is 4.46. The molecule has 1 aromatic heterocycles. The molecule has 84 valence electrons. The topological polar surface area (TPSA) is 82.7 Å². The largest absolute Gasteiger partial charge is 0.478 e. The Hall–Kier alpha value is -1.33. The summed E-state index contributed by atoms with van der Waals surface area (Å²) in [7, 11) is 0. The van der Waals surface area contributed by atoms with Crippen molar-refractivity contribution in [3.63, 3.8) is 0 Å². The van der Waals surface area contributed by atoms with Crippen LogP contribution in [0.3, 0.4) is 0 Å². The van der Waals surface area contributed by atoms with Crippen LogP contribution in [0.2, 0.25) is 0 Å². The maximum absolute atomic E-state index is 10.5. The van der Waals surface area contributed by atoms with Crippen molar-refractivity contribution in [3.8, 4) is 0 Å². The number of carboxylic acid groups (broad SMARTS) is 1. The Balaban J connectivity index is 2.41. The molecule has 0 bridgehead atoms. The minimum absolute atomic E-state index is 0.134. The van der Waals surface area contributed by atoms with E-state index in [2.05, 4.69) is 5.32 Å². The Morgan fingerprint density at radius 3 is 2.73 bits per heavy atom. The number of nitrogens with one attached hydrogen (secondary N) is 1. The van der Waals surface area contributed by atoms with Gasteiger partial charge in [-0.15, -0.1) is 0 Å². The van der Waals surface area contributed by atoms with Crippen LogP contribution >= 0.6 is 0 Å². The van der Waals surface area contributed by atoms with E-state index < -0.39 is 11.6 Å². The fourth-order valence-corrected chi connectivity index (χ4v) is 1.08. The molecular weight excluding hydrogens is 198 g/mol. The summed E-state index contributed by atoms with van der Waals surface area (Å²) < 4.78 is 5.02. The van der Waals surface area contributed by atoms with Crippen LogP contribution in [0.15, 0.2) is 16.7 Å². The maximum atomic E-state index is 10.5. The molecule has 0 atom stereocenters. The van der Waals surface area contributed by atoms with Crippen LogP contribution in [0.5, 0.6) is 0 Å². The third kappa shape index (κ3) is 4.14. The van der Waals surface area contributed by atoms with Gasteiger partial charge >= 0.3 is 5.97 Å². The predicted molar refractivity (Wildman–Crippen MR) is 53.7 cm³/mol. The van der Waals surface area contributed by atoms with Crippen LogP contribution in [-0.4, -0.2) is 28.3 Å². The van der Waals surface area contributed by atoms with Gasteiger partial charge < -0.3 is 19.9 Å². The molecule has 1 rings (SSSR count).